The summed E-state index contributed by atoms with van der Waals surface area (Å²) in [6, 6.07) is 164. The third kappa shape index (κ3) is 23.5. The molecule has 0 unspecified atom stereocenters. The Kier molecular flexibility index (Phi) is 28.6. The van der Waals surface area contributed by atoms with Crippen LogP contribution in [-0.4, -0.2) is 64.8 Å². The molecule has 0 aliphatic carbocycles. The number of hydrogen-bond acceptors (Lipinski definition) is 13. The van der Waals surface area contributed by atoms with Crippen LogP contribution < -0.4 is 0 Å². The molecular weight excluding hydrogens is 1670 g/mol. The van der Waals surface area contributed by atoms with Crippen molar-refractivity contribution in [1.82, 2.24) is 64.8 Å². The highest BCUT2D eigenvalue weighted by atomic mass is 15.1. The van der Waals surface area contributed by atoms with Crippen molar-refractivity contribution in [3.8, 4) is 193 Å². The van der Waals surface area contributed by atoms with Crippen molar-refractivity contribution in [2.75, 3.05) is 0 Å². The van der Waals surface area contributed by atoms with Crippen molar-refractivity contribution in [3.05, 3.63) is 513 Å². The van der Waals surface area contributed by atoms with Crippen molar-refractivity contribution in [2.24, 2.45) is 0 Å². The summed E-state index contributed by atoms with van der Waals surface area (Å²) in [6.45, 7) is 10.4. The molecule has 5 heterocycles. The van der Waals surface area contributed by atoms with Crippen LogP contribution in [0.2, 0.25) is 0 Å². The minimum Gasteiger partial charge on any atom is -0.228 e. The lowest BCUT2D eigenvalue weighted by Gasteiger charge is -2.10. The van der Waals surface area contributed by atoms with E-state index in [-0.39, 0.29) is 0 Å². The van der Waals surface area contributed by atoms with Crippen LogP contribution >= 0.6 is 0 Å². The second kappa shape index (κ2) is 43.8. The van der Waals surface area contributed by atoms with Crippen LogP contribution in [0.5, 0.6) is 0 Å². The van der Waals surface area contributed by atoms with Crippen molar-refractivity contribution in [2.45, 2.75) is 34.6 Å². The van der Waals surface area contributed by atoms with E-state index in [1.54, 1.807) is 0 Å². The van der Waals surface area contributed by atoms with Gasteiger partial charge >= 0.3 is 0 Å². The molecule has 656 valence electrons. The van der Waals surface area contributed by atoms with Gasteiger partial charge in [-0.05, 0) is 75.1 Å². The Morgan fingerprint density at radius 3 is 0.445 bits per heavy atom. The summed E-state index contributed by atoms with van der Waals surface area (Å²) in [5, 5.41) is 0. The molecule has 0 bridgehead atoms. The molecule has 0 atom stereocenters. The fourth-order valence-electron chi connectivity index (χ4n) is 15.3. The van der Waals surface area contributed by atoms with Crippen LogP contribution in [0.3, 0.4) is 0 Å². The Morgan fingerprint density at radius 1 is 0.0949 bits per heavy atom. The van der Waals surface area contributed by atoms with E-state index >= 15 is 0 Å². The Balaban J connectivity index is 0.000000114. The van der Waals surface area contributed by atoms with Gasteiger partial charge in [-0.1, -0.05) is 495 Å². The zero-order valence-corrected chi connectivity index (χ0v) is 76.5. The fourth-order valence-corrected chi connectivity index (χ4v) is 15.3. The van der Waals surface area contributed by atoms with Crippen LogP contribution in [-0.2, 0) is 0 Å². The Bertz CT molecular complexity index is 7130. The standard InChI is InChI=1S/C29H22N2.C28H21N3.C23H18N2.2C22H17N3/c1-21-12-14-26(15-13-21)29-30-27(24-10-6-3-7-11-24)20-28(31-29)25-18-16-23(17-19-25)22-8-4-2-5-9-22;1-20-12-14-24(15-13-20)27-29-26(23-10-6-3-7-11-23)30-28(31-27)25-18-16-22(17-19-25)21-8-4-2-5-9-21;1-17-12-14-20(15-13-17)23-24-21(18-8-4-2-5-9-18)16-22(25-23)19-10-6-3-7-11-19;1-16-9-8-14-19(15-16)22-24-20(17-10-4-2-5-11-17)23-21(25-22)18-12-6-3-7-13-18;1-16-12-14-19(15-13-16)22-24-20(17-8-4-2-5-9-17)23-21(25-22)18-10-6-3-7-11-18/h2-20H,1H3;2-19H,1H3;2-16H,1H3;2*2-15H,1H3. The second-order valence-electron chi connectivity index (χ2n) is 33.0. The van der Waals surface area contributed by atoms with Crippen molar-refractivity contribution in [3.63, 3.8) is 0 Å². The van der Waals surface area contributed by atoms with Crippen LogP contribution in [0.1, 0.15) is 27.8 Å². The van der Waals surface area contributed by atoms with E-state index in [1.807, 2.05) is 243 Å². The smallest absolute Gasteiger partial charge is 0.164 e. The molecule has 0 N–H and O–H groups in total. The van der Waals surface area contributed by atoms with E-state index in [0.717, 1.165) is 118 Å². The molecule has 0 spiro atoms. The molecule has 0 amide bonds. The highest BCUT2D eigenvalue weighted by Gasteiger charge is 2.19. The highest BCUT2D eigenvalue weighted by molar-refractivity contribution is 5.78. The lowest BCUT2D eigenvalue weighted by atomic mass is 10.0. The fraction of sp³-hybridized carbons (Fsp3) is 0.0403. The van der Waals surface area contributed by atoms with Gasteiger partial charge in [-0.3, -0.25) is 0 Å². The van der Waals surface area contributed by atoms with Gasteiger partial charge in [0, 0.05) is 83.5 Å². The highest BCUT2D eigenvalue weighted by Crippen LogP contribution is 2.35. The van der Waals surface area contributed by atoms with Crippen LogP contribution in [0.25, 0.3) is 193 Å². The number of aryl methyl sites for hydroxylation is 5. The van der Waals surface area contributed by atoms with Gasteiger partial charge in [-0.25, -0.2) is 64.8 Å². The van der Waals surface area contributed by atoms with Crippen molar-refractivity contribution >= 4 is 0 Å². The molecule has 0 radical (unpaired) electrons. The predicted molar refractivity (Wildman–Crippen MR) is 560 cm³/mol. The molecular formula is C124H95N13. The van der Waals surface area contributed by atoms with Crippen molar-refractivity contribution < 1.29 is 0 Å². The lowest BCUT2D eigenvalue weighted by Crippen LogP contribution is -2.00. The Morgan fingerprint density at radius 2 is 0.234 bits per heavy atom. The normalized spacial score (nSPS) is 10.7. The maximum Gasteiger partial charge on any atom is 0.164 e. The zero-order valence-electron chi connectivity index (χ0n) is 76.5. The number of nitrogens with zero attached hydrogens (tertiary/aromatic N) is 13. The van der Waals surface area contributed by atoms with Gasteiger partial charge in [0.05, 0.1) is 22.8 Å². The number of hydrogen-bond donors (Lipinski definition) is 0. The maximum atomic E-state index is 4.92. The Hall–Kier alpha value is -18.1. The third-order valence-electron chi connectivity index (χ3n) is 22.8. The molecule has 22 aromatic rings. The van der Waals surface area contributed by atoms with Crippen LogP contribution in [0.4, 0.5) is 0 Å². The van der Waals surface area contributed by atoms with Gasteiger partial charge < -0.3 is 0 Å². The van der Waals surface area contributed by atoms with E-state index in [1.165, 1.54) is 50.1 Å². The first-order valence-corrected chi connectivity index (χ1v) is 45.6. The molecule has 0 saturated carbocycles. The molecule has 0 fully saturated rings. The largest absolute Gasteiger partial charge is 0.228 e. The van der Waals surface area contributed by atoms with Gasteiger partial charge in [0.25, 0.3) is 0 Å². The first-order chi connectivity index (χ1) is 67.4. The minimum absolute atomic E-state index is 0.670. The lowest BCUT2D eigenvalue weighted by molar-refractivity contribution is 1.07. The molecule has 0 aliphatic rings. The third-order valence-corrected chi connectivity index (χ3v) is 22.8. The van der Waals surface area contributed by atoms with E-state index in [0.29, 0.717) is 52.4 Å². The van der Waals surface area contributed by atoms with E-state index < -0.39 is 0 Å². The molecule has 137 heavy (non-hydrogen) atoms. The van der Waals surface area contributed by atoms with Gasteiger partial charge in [-0.2, -0.15) is 0 Å². The van der Waals surface area contributed by atoms with E-state index in [4.69, 9.17) is 64.8 Å². The summed E-state index contributed by atoms with van der Waals surface area (Å²) in [4.78, 5) is 62.1. The second-order valence-corrected chi connectivity index (χ2v) is 33.0. The molecule has 0 aliphatic heterocycles. The van der Waals surface area contributed by atoms with Gasteiger partial charge in [0.1, 0.15) is 0 Å². The monoisotopic (exact) mass is 1770 g/mol. The summed E-state index contributed by atoms with van der Waals surface area (Å²) in [5.74, 6) is 7.63. The SMILES string of the molecule is Cc1ccc(-c2nc(-c3ccccc3)cc(-c3ccc(-c4ccccc4)cc3)n2)cc1.Cc1ccc(-c2nc(-c3ccccc3)cc(-c3ccccc3)n2)cc1.Cc1ccc(-c2nc(-c3ccccc3)nc(-c3ccc(-c4ccccc4)cc3)n2)cc1.Cc1ccc(-c2nc(-c3ccccc3)nc(-c3ccccc3)n2)cc1.Cc1cccc(-c2nc(-c3ccccc3)nc(-c3ccccc3)n2)c1. The quantitative estimate of drug-likeness (QED) is 0.0845. The first kappa shape index (κ1) is 89.5. The molecule has 13 nitrogen and oxygen atoms in total. The summed E-state index contributed by atoms with van der Waals surface area (Å²) < 4.78 is 0. The number of benzene rings is 17. The van der Waals surface area contributed by atoms with Gasteiger partial charge in [0.2, 0.25) is 0 Å². The summed E-state index contributed by atoms with van der Waals surface area (Å²) in [7, 11) is 0. The molecule has 17 aromatic carbocycles. The molecule has 0 saturated heterocycles. The van der Waals surface area contributed by atoms with Gasteiger partial charge in [0.15, 0.2) is 64.1 Å². The van der Waals surface area contributed by atoms with E-state index in [9.17, 15) is 0 Å². The molecule has 5 aromatic heterocycles. The number of rotatable bonds is 17. The zero-order chi connectivity index (χ0) is 93.3. The predicted octanol–water partition coefficient (Wildman–Crippen LogP) is 30.4. The van der Waals surface area contributed by atoms with Crippen molar-refractivity contribution in [1.29, 1.82) is 0 Å². The van der Waals surface area contributed by atoms with Crippen LogP contribution in [0.15, 0.2) is 485 Å². The van der Waals surface area contributed by atoms with E-state index in [2.05, 4.69) is 277 Å². The molecule has 13 heteroatoms. The summed E-state index contributed by atoms with van der Waals surface area (Å²) >= 11 is 0. The topological polar surface area (TPSA) is 168 Å². The minimum atomic E-state index is 0.670. The van der Waals surface area contributed by atoms with Gasteiger partial charge in [-0.15, -0.1) is 0 Å². The number of aromatic nitrogens is 13. The average molecular weight is 1770 g/mol. The maximum absolute atomic E-state index is 4.92. The first-order valence-electron chi connectivity index (χ1n) is 45.6. The molecule has 22 rings (SSSR count). The summed E-state index contributed by atoms with van der Waals surface area (Å²) in [5.41, 5.74) is 29.8. The average Bonchev–Trinajstić information content (AvgIpc) is 0.811. The van der Waals surface area contributed by atoms with Crippen LogP contribution in [0, 0.1) is 34.6 Å². The summed E-state index contributed by atoms with van der Waals surface area (Å²) in [6.07, 6.45) is 0. The Labute approximate surface area is 799 Å².